The number of piperazine rings is 1. The van der Waals surface area contributed by atoms with Crippen LogP contribution in [0.5, 0.6) is 0 Å². The molecule has 30 heavy (non-hydrogen) atoms. The summed E-state index contributed by atoms with van der Waals surface area (Å²) in [7, 11) is 0. The summed E-state index contributed by atoms with van der Waals surface area (Å²) in [5, 5.41) is 4.84. The van der Waals surface area contributed by atoms with Crippen molar-refractivity contribution < 1.29 is 9.18 Å². The van der Waals surface area contributed by atoms with E-state index in [9.17, 15) is 9.18 Å². The number of carbonyl (C=O) groups excluding carboxylic acids is 1. The van der Waals surface area contributed by atoms with Gasteiger partial charge in [-0.2, -0.15) is 0 Å². The minimum atomic E-state index is -0.405. The van der Waals surface area contributed by atoms with Crippen molar-refractivity contribution in [1.82, 2.24) is 9.80 Å². The van der Waals surface area contributed by atoms with Gasteiger partial charge in [0.05, 0.1) is 5.69 Å². The monoisotopic (exact) mass is 421 g/mol. The van der Waals surface area contributed by atoms with Gasteiger partial charge in [-0.05, 0) is 53.6 Å². The predicted octanol–water partition coefficient (Wildman–Crippen LogP) is 5.43. The SMILES string of the molecule is O=C(Nc1ccccc1F)N1CC2CCC(C1)N2Cc1cccc(-c2cccs2)c1. The summed E-state index contributed by atoms with van der Waals surface area (Å²) in [5.74, 6) is -0.405. The summed E-state index contributed by atoms with van der Waals surface area (Å²) in [5.41, 5.74) is 2.81. The summed E-state index contributed by atoms with van der Waals surface area (Å²) in [6, 6.07) is 19.8. The first-order valence-corrected chi connectivity index (χ1v) is 11.2. The molecular formula is C24H24FN3OS. The molecule has 1 aromatic heterocycles. The van der Waals surface area contributed by atoms with Gasteiger partial charge in [0.1, 0.15) is 5.82 Å². The molecule has 3 aromatic rings. The molecule has 2 aliphatic rings. The van der Waals surface area contributed by atoms with E-state index < -0.39 is 5.82 Å². The van der Waals surface area contributed by atoms with E-state index in [-0.39, 0.29) is 11.7 Å². The van der Waals surface area contributed by atoms with Gasteiger partial charge < -0.3 is 10.2 Å². The molecule has 154 valence electrons. The average Bonchev–Trinajstić information content (AvgIpc) is 3.36. The van der Waals surface area contributed by atoms with Crippen molar-refractivity contribution in [2.75, 3.05) is 18.4 Å². The number of halogens is 1. The lowest BCUT2D eigenvalue weighted by Gasteiger charge is -2.41. The number of urea groups is 1. The molecule has 2 atom stereocenters. The largest absolute Gasteiger partial charge is 0.322 e. The first kappa shape index (κ1) is 19.3. The van der Waals surface area contributed by atoms with E-state index in [1.54, 1.807) is 29.5 Å². The highest BCUT2D eigenvalue weighted by Gasteiger charge is 2.41. The standard InChI is InChI=1S/C24H24FN3OS/c25-21-7-1-2-8-22(21)26-24(29)27-15-19-10-11-20(16-27)28(19)14-17-5-3-6-18(13-17)23-9-4-12-30-23/h1-9,12-13,19-20H,10-11,14-16H2,(H,26,29). The van der Waals surface area contributed by atoms with Gasteiger partial charge in [-0.25, -0.2) is 9.18 Å². The number of thiophene rings is 1. The smallest absolute Gasteiger partial charge is 0.321 e. The van der Waals surface area contributed by atoms with Gasteiger partial charge in [0.2, 0.25) is 0 Å². The van der Waals surface area contributed by atoms with Crippen LogP contribution in [0.4, 0.5) is 14.9 Å². The van der Waals surface area contributed by atoms with Crippen LogP contribution < -0.4 is 5.32 Å². The molecule has 6 heteroatoms. The fourth-order valence-corrected chi connectivity index (χ4v) is 5.37. The number of para-hydroxylation sites is 1. The van der Waals surface area contributed by atoms with Gasteiger partial charge in [-0.1, -0.05) is 36.4 Å². The first-order chi connectivity index (χ1) is 14.7. The molecule has 0 radical (unpaired) electrons. The van der Waals surface area contributed by atoms with Crippen LogP contribution in [0, 0.1) is 5.82 Å². The lowest BCUT2D eigenvalue weighted by Crippen LogP contribution is -2.55. The molecule has 2 saturated heterocycles. The maximum atomic E-state index is 13.9. The van der Waals surface area contributed by atoms with Crippen molar-refractivity contribution >= 4 is 23.1 Å². The van der Waals surface area contributed by atoms with E-state index >= 15 is 0 Å². The first-order valence-electron chi connectivity index (χ1n) is 10.4. The number of likely N-dealkylation sites (tertiary alicyclic amines) is 1. The summed E-state index contributed by atoms with van der Waals surface area (Å²) in [6.07, 6.45) is 2.19. The molecule has 2 fully saturated rings. The predicted molar refractivity (Wildman–Crippen MR) is 119 cm³/mol. The van der Waals surface area contributed by atoms with Crippen molar-refractivity contribution in [3.63, 3.8) is 0 Å². The Morgan fingerprint density at radius 3 is 2.57 bits per heavy atom. The maximum absolute atomic E-state index is 13.9. The van der Waals surface area contributed by atoms with Gasteiger partial charge in [0.15, 0.2) is 0 Å². The third kappa shape index (κ3) is 3.85. The zero-order chi connectivity index (χ0) is 20.5. The molecule has 2 unspecified atom stereocenters. The second-order valence-corrected chi connectivity index (χ2v) is 9.00. The van der Waals surface area contributed by atoms with Crippen LogP contribution in [0.3, 0.4) is 0 Å². The van der Waals surface area contributed by atoms with Crippen LogP contribution in [0.2, 0.25) is 0 Å². The van der Waals surface area contributed by atoms with Crippen LogP contribution in [0.25, 0.3) is 10.4 Å². The number of nitrogens with zero attached hydrogens (tertiary/aromatic N) is 2. The molecule has 2 aliphatic heterocycles. The summed E-state index contributed by atoms with van der Waals surface area (Å²) in [4.78, 5) is 18.4. The van der Waals surface area contributed by atoms with Crippen LogP contribution in [0.15, 0.2) is 66.0 Å². The summed E-state index contributed by atoms with van der Waals surface area (Å²) in [6.45, 7) is 2.26. The van der Waals surface area contributed by atoms with Gasteiger partial charge in [-0.3, -0.25) is 4.90 Å². The Labute approximate surface area is 179 Å². The Hall–Kier alpha value is -2.70. The Bertz CT molecular complexity index is 1020. The van der Waals surface area contributed by atoms with E-state index in [2.05, 4.69) is 52.0 Å². The molecule has 4 nitrogen and oxygen atoms in total. The number of nitrogens with one attached hydrogen (secondary N) is 1. The van der Waals surface area contributed by atoms with Gasteiger partial charge >= 0.3 is 6.03 Å². The zero-order valence-electron chi connectivity index (χ0n) is 16.6. The summed E-state index contributed by atoms with van der Waals surface area (Å²) < 4.78 is 13.9. The lowest BCUT2D eigenvalue weighted by molar-refractivity contribution is 0.0812. The van der Waals surface area contributed by atoms with E-state index in [4.69, 9.17) is 0 Å². The molecule has 5 rings (SSSR count). The van der Waals surface area contributed by atoms with Crippen molar-refractivity contribution in [1.29, 1.82) is 0 Å². The Morgan fingerprint density at radius 1 is 1.03 bits per heavy atom. The van der Waals surface area contributed by atoms with Gasteiger partial charge in [0, 0.05) is 36.6 Å². The molecule has 3 heterocycles. The van der Waals surface area contributed by atoms with Crippen LogP contribution in [-0.4, -0.2) is 41.0 Å². The number of amides is 2. The maximum Gasteiger partial charge on any atom is 0.322 e. The number of anilines is 1. The van der Waals surface area contributed by atoms with E-state index in [0.29, 0.717) is 25.2 Å². The van der Waals surface area contributed by atoms with Crippen molar-refractivity contribution in [2.24, 2.45) is 0 Å². The minimum Gasteiger partial charge on any atom is -0.321 e. The second kappa shape index (κ2) is 8.20. The molecule has 2 aromatic carbocycles. The van der Waals surface area contributed by atoms with Crippen molar-refractivity contribution in [3.8, 4) is 10.4 Å². The van der Waals surface area contributed by atoms with Crippen molar-refractivity contribution in [3.05, 3.63) is 77.4 Å². The number of hydrogen-bond donors (Lipinski definition) is 1. The normalized spacial score (nSPS) is 21.0. The highest BCUT2D eigenvalue weighted by atomic mass is 32.1. The van der Waals surface area contributed by atoms with E-state index in [1.807, 2.05) is 4.90 Å². The van der Waals surface area contributed by atoms with Gasteiger partial charge in [0.25, 0.3) is 0 Å². The average molecular weight is 422 g/mol. The van der Waals surface area contributed by atoms with Crippen LogP contribution in [-0.2, 0) is 6.54 Å². The third-order valence-corrected chi connectivity index (χ3v) is 7.05. The van der Waals surface area contributed by atoms with Crippen LogP contribution in [0.1, 0.15) is 18.4 Å². The number of carbonyl (C=O) groups is 1. The molecule has 0 spiro atoms. The minimum absolute atomic E-state index is 0.212. The fourth-order valence-electron chi connectivity index (χ4n) is 4.65. The number of hydrogen-bond acceptors (Lipinski definition) is 3. The molecule has 2 amide bonds. The quantitative estimate of drug-likeness (QED) is 0.609. The number of rotatable bonds is 4. The Kier molecular flexibility index (Phi) is 5.27. The topological polar surface area (TPSA) is 35.6 Å². The molecule has 1 N–H and O–H groups in total. The number of fused-ring (bicyclic) bond motifs is 2. The second-order valence-electron chi connectivity index (χ2n) is 8.05. The lowest BCUT2D eigenvalue weighted by atomic mass is 10.1. The van der Waals surface area contributed by atoms with Crippen molar-refractivity contribution in [2.45, 2.75) is 31.5 Å². The Balaban J connectivity index is 1.26. The number of benzene rings is 2. The molecule has 0 aliphatic carbocycles. The Morgan fingerprint density at radius 2 is 1.83 bits per heavy atom. The molecule has 0 saturated carbocycles. The van der Waals surface area contributed by atoms with Gasteiger partial charge in [-0.15, -0.1) is 11.3 Å². The fraction of sp³-hybridized carbons (Fsp3) is 0.292. The molecule has 2 bridgehead atoms. The highest BCUT2D eigenvalue weighted by molar-refractivity contribution is 7.13. The zero-order valence-corrected chi connectivity index (χ0v) is 17.4. The third-order valence-electron chi connectivity index (χ3n) is 6.13. The highest BCUT2D eigenvalue weighted by Crippen LogP contribution is 2.33. The molecular weight excluding hydrogens is 397 g/mol. The summed E-state index contributed by atoms with van der Waals surface area (Å²) >= 11 is 1.76. The van der Waals surface area contributed by atoms with Crippen LogP contribution >= 0.6 is 11.3 Å². The van der Waals surface area contributed by atoms with E-state index in [1.165, 1.54) is 22.1 Å². The van der Waals surface area contributed by atoms with E-state index in [0.717, 1.165) is 19.4 Å².